The fraction of sp³-hybridized carbons (Fsp3) is 0.290. The molecule has 1 unspecified atom stereocenters. The molecule has 7 heteroatoms. The maximum atomic E-state index is 12.6. The number of ether oxygens (including phenoxy) is 3. The molecule has 1 heterocycles. The SMILES string of the molecule is CCOC(=O)C(C)(C)/C(=N\OCc1ccc(OCN2C=C(C)OC2c2ccccc2)cc1)c1ccccc1. The topological polar surface area (TPSA) is 69.6 Å². The first-order valence-electron chi connectivity index (χ1n) is 12.7. The van der Waals surface area contributed by atoms with Gasteiger partial charge in [-0.3, -0.25) is 4.79 Å². The molecule has 1 aliphatic rings. The Kier molecular flexibility index (Phi) is 8.69. The third-order valence-electron chi connectivity index (χ3n) is 6.15. The van der Waals surface area contributed by atoms with Crippen LogP contribution in [0.4, 0.5) is 0 Å². The van der Waals surface area contributed by atoms with Crippen LogP contribution in [0.5, 0.6) is 5.75 Å². The third-order valence-corrected chi connectivity index (χ3v) is 6.15. The molecule has 1 aliphatic heterocycles. The Hall–Kier alpha value is -4.26. The fourth-order valence-electron chi connectivity index (χ4n) is 4.09. The minimum absolute atomic E-state index is 0.209. The lowest BCUT2D eigenvalue weighted by molar-refractivity contribution is -0.149. The summed E-state index contributed by atoms with van der Waals surface area (Å²) in [5.41, 5.74) is 2.33. The van der Waals surface area contributed by atoms with E-state index in [2.05, 4.69) is 5.16 Å². The molecule has 0 radical (unpaired) electrons. The number of hydrogen-bond acceptors (Lipinski definition) is 7. The first-order valence-corrected chi connectivity index (χ1v) is 12.7. The molecule has 0 fully saturated rings. The average molecular weight is 515 g/mol. The van der Waals surface area contributed by atoms with E-state index in [4.69, 9.17) is 19.0 Å². The van der Waals surface area contributed by atoms with Crippen LogP contribution >= 0.6 is 0 Å². The first-order chi connectivity index (χ1) is 18.4. The van der Waals surface area contributed by atoms with Crippen molar-refractivity contribution >= 4 is 11.7 Å². The van der Waals surface area contributed by atoms with Gasteiger partial charge in [0.05, 0.1) is 6.61 Å². The zero-order chi connectivity index (χ0) is 27.0. The minimum atomic E-state index is -0.973. The second-order valence-corrected chi connectivity index (χ2v) is 9.48. The van der Waals surface area contributed by atoms with Crippen molar-refractivity contribution in [1.29, 1.82) is 0 Å². The van der Waals surface area contributed by atoms with Crippen molar-refractivity contribution in [2.75, 3.05) is 13.3 Å². The van der Waals surface area contributed by atoms with Crippen LogP contribution in [0.25, 0.3) is 0 Å². The zero-order valence-corrected chi connectivity index (χ0v) is 22.3. The monoisotopic (exact) mass is 514 g/mol. The number of carbonyl (C=O) groups is 1. The van der Waals surface area contributed by atoms with Crippen molar-refractivity contribution in [2.24, 2.45) is 10.6 Å². The molecular weight excluding hydrogens is 480 g/mol. The Morgan fingerprint density at radius 3 is 2.29 bits per heavy atom. The van der Waals surface area contributed by atoms with Crippen LogP contribution in [-0.4, -0.2) is 29.9 Å². The van der Waals surface area contributed by atoms with Crippen LogP contribution in [0.1, 0.15) is 50.6 Å². The quantitative estimate of drug-likeness (QED) is 0.167. The molecule has 0 saturated carbocycles. The molecule has 0 amide bonds. The molecule has 7 nitrogen and oxygen atoms in total. The number of esters is 1. The smallest absolute Gasteiger partial charge is 0.317 e. The third kappa shape index (κ3) is 6.54. The number of hydrogen-bond donors (Lipinski definition) is 0. The van der Waals surface area contributed by atoms with Gasteiger partial charge < -0.3 is 23.9 Å². The van der Waals surface area contributed by atoms with E-state index < -0.39 is 5.41 Å². The van der Waals surface area contributed by atoms with Gasteiger partial charge in [-0.15, -0.1) is 0 Å². The van der Waals surface area contributed by atoms with Crippen LogP contribution < -0.4 is 4.74 Å². The van der Waals surface area contributed by atoms with E-state index in [0.29, 0.717) is 19.0 Å². The number of carbonyl (C=O) groups excluding carboxylic acids is 1. The summed E-state index contributed by atoms with van der Waals surface area (Å²) < 4.78 is 17.3. The summed E-state index contributed by atoms with van der Waals surface area (Å²) in [6.07, 6.45) is 1.75. The van der Waals surface area contributed by atoms with Crippen molar-refractivity contribution in [3.05, 3.63) is 114 Å². The van der Waals surface area contributed by atoms with Gasteiger partial charge in [0.2, 0.25) is 6.23 Å². The highest BCUT2D eigenvalue weighted by Crippen LogP contribution is 2.31. The molecule has 38 heavy (non-hydrogen) atoms. The Morgan fingerprint density at radius 2 is 1.63 bits per heavy atom. The summed E-state index contributed by atoms with van der Waals surface area (Å²) in [6.45, 7) is 8.19. The van der Waals surface area contributed by atoms with Crippen LogP contribution in [0.2, 0.25) is 0 Å². The van der Waals surface area contributed by atoms with Gasteiger partial charge in [0.1, 0.15) is 29.2 Å². The van der Waals surface area contributed by atoms with Crippen molar-refractivity contribution in [3.8, 4) is 5.75 Å². The highest BCUT2D eigenvalue weighted by molar-refractivity contribution is 6.14. The van der Waals surface area contributed by atoms with Crippen molar-refractivity contribution in [3.63, 3.8) is 0 Å². The largest absolute Gasteiger partial charge is 0.473 e. The van der Waals surface area contributed by atoms with E-state index in [1.807, 2.05) is 103 Å². The van der Waals surface area contributed by atoms with Crippen molar-refractivity contribution < 1.29 is 23.8 Å². The summed E-state index contributed by atoms with van der Waals surface area (Å²) in [5, 5.41) is 4.38. The highest BCUT2D eigenvalue weighted by atomic mass is 16.6. The summed E-state index contributed by atoms with van der Waals surface area (Å²) in [6, 6.07) is 27.2. The molecule has 0 aromatic heterocycles. The normalized spacial score (nSPS) is 15.5. The predicted molar refractivity (Wildman–Crippen MR) is 146 cm³/mol. The minimum Gasteiger partial charge on any atom is -0.473 e. The molecule has 3 aromatic rings. The molecule has 3 aromatic carbocycles. The molecule has 1 atom stereocenters. The van der Waals surface area contributed by atoms with Crippen molar-refractivity contribution in [1.82, 2.24) is 4.90 Å². The number of rotatable bonds is 11. The van der Waals surface area contributed by atoms with E-state index in [9.17, 15) is 4.79 Å². The highest BCUT2D eigenvalue weighted by Gasteiger charge is 2.37. The van der Waals surface area contributed by atoms with Gasteiger partial charge in [0, 0.05) is 17.3 Å². The Balaban J connectivity index is 1.38. The maximum Gasteiger partial charge on any atom is 0.317 e. The summed E-state index contributed by atoms with van der Waals surface area (Å²) in [5.74, 6) is 1.22. The second kappa shape index (κ2) is 12.3. The van der Waals surface area contributed by atoms with Gasteiger partial charge in [0.25, 0.3) is 0 Å². The molecule has 0 bridgehead atoms. The lowest BCUT2D eigenvalue weighted by Gasteiger charge is -2.24. The lowest BCUT2D eigenvalue weighted by atomic mass is 9.83. The van der Waals surface area contributed by atoms with Gasteiger partial charge in [-0.25, -0.2) is 0 Å². The van der Waals surface area contributed by atoms with Gasteiger partial charge in [-0.2, -0.15) is 0 Å². The second-order valence-electron chi connectivity index (χ2n) is 9.48. The van der Waals surface area contributed by atoms with Crippen molar-refractivity contribution in [2.45, 2.75) is 40.5 Å². The molecule has 0 saturated heterocycles. The number of allylic oxidation sites excluding steroid dienone is 1. The molecule has 4 rings (SSSR count). The molecule has 0 spiro atoms. The van der Waals surface area contributed by atoms with Crippen LogP contribution in [0, 0.1) is 5.41 Å². The molecule has 0 aliphatic carbocycles. The Bertz CT molecular complexity index is 1250. The van der Waals surface area contributed by atoms with Gasteiger partial charge in [0.15, 0.2) is 6.73 Å². The lowest BCUT2D eigenvalue weighted by Crippen LogP contribution is -2.36. The maximum absolute atomic E-state index is 12.6. The van der Waals surface area contributed by atoms with Crippen LogP contribution in [0.3, 0.4) is 0 Å². The van der Waals surface area contributed by atoms with E-state index in [1.54, 1.807) is 20.8 Å². The van der Waals surface area contributed by atoms with Crippen LogP contribution in [0.15, 0.2) is 102 Å². The first kappa shape index (κ1) is 26.8. The Labute approximate surface area is 224 Å². The standard InChI is InChI=1S/C31H34N2O5/c1-5-35-30(34)31(3,4)28(25-12-8-6-9-13-25)32-37-21-24-16-18-27(19-17-24)36-22-33-20-23(2)38-29(33)26-14-10-7-11-15-26/h6-20,29H,5,21-22H2,1-4H3/b32-28-. The molecular formula is C31H34N2O5. The predicted octanol–water partition coefficient (Wildman–Crippen LogP) is 6.43. The number of oxime groups is 1. The Morgan fingerprint density at radius 1 is 0.974 bits per heavy atom. The summed E-state index contributed by atoms with van der Waals surface area (Å²) in [7, 11) is 0. The summed E-state index contributed by atoms with van der Waals surface area (Å²) in [4.78, 5) is 20.4. The van der Waals surface area contributed by atoms with E-state index in [-0.39, 0.29) is 18.8 Å². The van der Waals surface area contributed by atoms with E-state index in [0.717, 1.165) is 28.2 Å². The summed E-state index contributed by atoms with van der Waals surface area (Å²) >= 11 is 0. The fourth-order valence-corrected chi connectivity index (χ4v) is 4.09. The number of benzene rings is 3. The van der Waals surface area contributed by atoms with Gasteiger partial charge in [-0.05, 0) is 45.4 Å². The zero-order valence-electron chi connectivity index (χ0n) is 22.3. The van der Waals surface area contributed by atoms with Gasteiger partial charge in [-0.1, -0.05) is 78.0 Å². The van der Waals surface area contributed by atoms with Crippen LogP contribution in [-0.2, 0) is 25.7 Å². The molecule has 198 valence electrons. The van der Waals surface area contributed by atoms with Gasteiger partial charge >= 0.3 is 5.97 Å². The average Bonchev–Trinajstić information content (AvgIpc) is 3.32. The number of nitrogens with zero attached hydrogens (tertiary/aromatic N) is 2. The van der Waals surface area contributed by atoms with E-state index >= 15 is 0 Å². The van der Waals surface area contributed by atoms with E-state index in [1.165, 1.54) is 0 Å². The molecule has 0 N–H and O–H groups in total.